The summed E-state index contributed by atoms with van der Waals surface area (Å²) in [5.74, 6) is 1.63. The number of nitrogens with zero attached hydrogens (tertiary/aromatic N) is 3. The van der Waals surface area contributed by atoms with Crippen LogP contribution in [0.1, 0.15) is 24.4 Å². The molecule has 1 fully saturated rings. The van der Waals surface area contributed by atoms with Gasteiger partial charge in [-0.15, -0.1) is 0 Å². The number of aromatic nitrogens is 2. The average Bonchev–Trinajstić information content (AvgIpc) is 2.45. The quantitative estimate of drug-likeness (QED) is 0.886. The maximum atomic E-state index is 12.0. The second-order valence-corrected chi connectivity index (χ2v) is 5.28. The van der Waals surface area contributed by atoms with Gasteiger partial charge in [-0.1, -0.05) is 0 Å². The minimum atomic E-state index is 0.0573. The molecule has 20 heavy (non-hydrogen) atoms. The highest BCUT2D eigenvalue weighted by molar-refractivity contribution is 5.78. The van der Waals surface area contributed by atoms with Gasteiger partial charge in [0.15, 0.2) is 0 Å². The molecule has 0 spiro atoms. The molecule has 1 aliphatic rings. The van der Waals surface area contributed by atoms with E-state index in [1.165, 1.54) is 0 Å². The smallest absolute Gasteiger partial charge is 0.223 e. The summed E-state index contributed by atoms with van der Waals surface area (Å²) in [4.78, 5) is 22.8. The third-order valence-corrected chi connectivity index (χ3v) is 3.36. The summed E-state index contributed by atoms with van der Waals surface area (Å²) in [5, 5.41) is 2.92. The van der Waals surface area contributed by atoms with Crippen LogP contribution in [0.3, 0.4) is 0 Å². The van der Waals surface area contributed by atoms with Crippen LogP contribution >= 0.6 is 0 Å². The Morgan fingerprint density at radius 2 is 2.10 bits per heavy atom. The topological polar surface area (TPSA) is 67.4 Å². The first-order chi connectivity index (χ1) is 9.56. The first-order valence-electron chi connectivity index (χ1n) is 6.93. The summed E-state index contributed by atoms with van der Waals surface area (Å²) >= 11 is 0. The molecule has 6 nitrogen and oxygen atoms in total. The Balaban J connectivity index is 1.94. The second-order valence-electron chi connectivity index (χ2n) is 5.28. The van der Waals surface area contributed by atoms with Crippen molar-refractivity contribution in [3.05, 3.63) is 17.6 Å². The molecule has 2 heterocycles. The summed E-state index contributed by atoms with van der Waals surface area (Å²) in [5.41, 5.74) is 0.902. The number of ether oxygens (including phenoxy) is 1. The van der Waals surface area contributed by atoms with E-state index in [0.717, 1.165) is 24.4 Å². The molecule has 1 saturated heterocycles. The standard InChI is InChI=1S/C14H22N4O2/c1-10-8-13(18(2)3)17-12(16-10)9-15-14(19)11-4-6-20-7-5-11/h8,11H,4-7,9H2,1-3H3,(H,15,19). The molecule has 0 aliphatic carbocycles. The lowest BCUT2D eigenvalue weighted by Crippen LogP contribution is -2.34. The fraction of sp³-hybridized carbons (Fsp3) is 0.643. The van der Waals surface area contributed by atoms with E-state index in [0.29, 0.717) is 25.6 Å². The van der Waals surface area contributed by atoms with Crippen LogP contribution < -0.4 is 10.2 Å². The summed E-state index contributed by atoms with van der Waals surface area (Å²) in [6, 6.07) is 1.92. The molecule has 2 rings (SSSR count). The van der Waals surface area contributed by atoms with E-state index >= 15 is 0 Å². The summed E-state index contributed by atoms with van der Waals surface area (Å²) in [6.07, 6.45) is 1.59. The highest BCUT2D eigenvalue weighted by Gasteiger charge is 2.21. The van der Waals surface area contributed by atoms with E-state index in [4.69, 9.17) is 4.74 Å². The summed E-state index contributed by atoms with van der Waals surface area (Å²) < 4.78 is 5.26. The first-order valence-corrected chi connectivity index (χ1v) is 6.93. The van der Waals surface area contributed by atoms with Crippen molar-refractivity contribution in [2.45, 2.75) is 26.3 Å². The van der Waals surface area contributed by atoms with E-state index in [-0.39, 0.29) is 11.8 Å². The molecule has 1 N–H and O–H groups in total. The van der Waals surface area contributed by atoms with Crippen molar-refractivity contribution < 1.29 is 9.53 Å². The lowest BCUT2D eigenvalue weighted by atomic mass is 9.99. The van der Waals surface area contributed by atoms with Crippen LogP contribution in [0.25, 0.3) is 0 Å². The second kappa shape index (κ2) is 6.65. The molecule has 0 unspecified atom stereocenters. The predicted octanol–water partition coefficient (Wildman–Crippen LogP) is 0.894. The number of nitrogens with one attached hydrogen (secondary N) is 1. The Bertz CT molecular complexity index is 470. The Labute approximate surface area is 119 Å². The molecule has 1 aromatic rings. The first kappa shape index (κ1) is 14.7. The van der Waals surface area contributed by atoms with Crippen molar-refractivity contribution in [1.29, 1.82) is 0 Å². The predicted molar refractivity (Wildman–Crippen MR) is 76.5 cm³/mol. The van der Waals surface area contributed by atoms with E-state index < -0.39 is 0 Å². The zero-order valence-electron chi connectivity index (χ0n) is 12.3. The van der Waals surface area contributed by atoms with Gasteiger partial charge in [-0.2, -0.15) is 0 Å². The van der Waals surface area contributed by atoms with Gasteiger partial charge in [-0.3, -0.25) is 4.79 Å². The normalized spacial score (nSPS) is 15.9. The van der Waals surface area contributed by atoms with Crippen LogP contribution in [0.4, 0.5) is 5.82 Å². The van der Waals surface area contributed by atoms with Gasteiger partial charge in [0.25, 0.3) is 0 Å². The molecule has 1 aliphatic heterocycles. The summed E-state index contributed by atoms with van der Waals surface area (Å²) in [7, 11) is 3.87. The monoisotopic (exact) mass is 278 g/mol. The van der Waals surface area contributed by atoms with Crippen molar-refractivity contribution in [3.63, 3.8) is 0 Å². The number of carbonyl (C=O) groups excluding carboxylic acids is 1. The number of amides is 1. The number of rotatable bonds is 4. The van der Waals surface area contributed by atoms with Crippen molar-refractivity contribution in [1.82, 2.24) is 15.3 Å². The molecule has 1 amide bonds. The molecular weight excluding hydrogens is 256 g/mol. The average molecular weight is 278 g/mol. The molecule has 0 saturated carbocycles. The number of aryl methyl sites for hydroxylation is 1. The SMILES string of the molecule is Cc1cc(N(C)C)nc(CNC(=O)C2CCOCC2)n1. The molecular formula is C14H22N4O2. The lowest BCUT2D eigenvalue weighted by molar-refractivity contribution is -0.128. The number of hydrogen-bond acceptors (Lipinski definition) is 5. The molecule has 6 heteroatoms. The van der Waals surface area contributed by atoms with Crippen LogP contribution in [0.15, 0.2) is 6.07 Å². The fourth-order valence-electron chi connectivity index (χ4n) is 2.19. The molecule has 110 valence electrons. The van der Waals surface area contributed by atoms with Crippen molar-refractivity contribution in [2.24, 2.45) is 5.92 Å². The van der Waals surface area contributed by atoms with E-state index in [1.54, 1.807) is 0 Å². The molecule has 0 aromatic carbocycles. The van der Waals surface area contributed by atoms with Crippen molar-refractivity contribution in [2.75, 3.05) is 32.2 Å². The van der Waals surface area contributed by atoms with Crippen molar-refractivity contribution in [3.8, 4) is 0 Å². The van der Waals surface area contributed by atoms with E-state index in [1.807, 2.05) is 32.0 Å². The molecule has 1 aromatic heterocycles. The maximum Gasteiger partial charge on any atom is 0.223 e. The van der Waals surface area contributed by atoms with Crippen LogP contribution in [0, 0.1) is 12.8 Å². The van der Waals surface area contributed by atoms with Gasteiger partial charge < -0.3 is 15.0 Å². The van der Waals surface area contributed by atoms with Crippen molar-refractivity contribution >= 4 is 11.7 Å². The number of hydrogen-bond donors (Lipinski definition) is 1. The van der Waals surface area contributed by atoms with Gasteiger partial charge in [0.2, 0.25) is 5.91 Å². The van der Waals surface area contributed by atoms with E-state index in [2.05, 4.69) is 15.3 Å². The molecule has 0 radical (unpaired) electrons. The minimum absolute atomic E-state index is 0.0573. The van der Waals surface area contributed by atoms with Crippen LogP contribution in [-0.2, 0) is 16.1 Å². The zero-order chi connectivity index (χ0) is 14.5. The number of carbonyl (C=O) groups is 1. The third-order valence-electron chi connectivity index (χ3n) is 3.36. The highest BCUT2D eigenvalue weighted by Crippen LogP contribution is 2.15. The minimum Gasteiger partial charge on any atom is -0.381 e. The van der Waals surface area contributed by atoms with E-state index in [9.17, 15) is 4.79 Å². The van der Waals surface area contributed by atoms with Crippen LogP contribution in [0.2, 0.25) is 0 Å². The van der Waals surface area contributed by atoms with Crippen LogP contribution in [0.5, 0.6) is 0 Å². The lowest BCUT2D eigenvalue weighted by Gasteiger charge is -2.21. The van der Waals surface area contributed by atoms with Gasteiger partial charge in [-0.05, 0) is 19.8 Å². The Morgan fingerprint density at radius 1 is 1.40 bits per heavy atom. The number of anilines is 1. The Hall–Kier alpha value is -1.69. The van der Waals surface area contributed by atoms with Gasteiger partial charge in [0, 0.05) is 45.0 Å². The summed E-state index contributed by atoms with van der Waals surface area (Å²) in [6.45, 7) is 3.64. The fourth-order valence-corrected chi connectivity index (χ4v) is 2.19. The highest BCUT2D eigenvalue weighted by atomic mass is 16.5. The zero-order valence-corrected chi connectivity index (χ0v) is 12.3. The Morgan fingerprint density at radius 3 is 2.75 bits per heavy atom. The van der Waals surface area contributed by atoms with Gasteiger partial charge in [0.05, 0.1) is 6.54 Å². The Kier molecular flexibility index (Phi) is 4.89. The van der Waals surface area contributed by atoms with Gasteiger partial charge in [-0.25, -0.2) is 9.97 Å². The van der Waals surface area contributed by atoms with Gasteiger partial charge in [0.1, 0.15) is 11.6 Å². The maximum absolute atomic E-state index is 12.0. The van der Waals surface area contributed by atoms with Crippen LogP contribution in [-0.4, -0.2) is 43.2 Å². The molecule has 0 atom stereocenters. The third kappa shape index (κ3) is 3.90. The van der Waals surface area contributed by atoms with Gasteiger partial charge >= 0.3 is 0 Å². The molecule has 0 bridgehead atoms. The largest absolute Gasteiger partial charge is 0.381 e.